The quantitative estimate of drug-likeness (QED) is 0.0639. The first-order valence-electron chi connectivity index (χ1n) is 15.5. The highest BCUT2D eigenvalue weighted by molar-refractivity contribution is 6.07. The number of rotatable bonds is 15. The van der Waals surface area contributed by atoms with E-state index < -0.39 is 35.5 Å². The number of ether oxygens (including phenoxy) is 3. The summed E-state index contributed by atoms with van der Waals surface area (Å²) in [5.41, 5.74) is 9.10. The van der Waals surface area contributed by atoms with Crippen molar-refractivity contribution in [3.05, 3.63) is 131 Å². The minimum Gasteiger partial charge on any atom is -0.479 e. The highest BCUT2D eigenvalue weighted by atomic mass is 16.6. The lowest BCUT2D eigenvalue weighted by molar-refractivity contribution is -0.173. The average Bonchev–Trinajstić information content (AvgIpc) is 3.44. The van der Waals surface area contributed by atoms with Gasteiger partial charge < -0.3 is 35.7 Å². The predicted octanol–water partition coefficient (Wildman–Crippen LogP) is 4.00. The molecular formula is C37H37N3O8. The standard InChI is InChI=1S/C37H37N3O8/c38-37(34(42)43,35(44)47-23-26-13-5-2-6-14-26)32(33(41)46-22-25-11-3-1-4-12-25)21-39-19-20-40-36(45)48-24-31-29-17-9-7-15-27(29)28-16-8-10-18-30(28)31/h1-18,31-32,39H,19-24,38H2,(H,40,45)(H,42,43)/t32?,37-/m0/s1. The number of hydrogen-bond donors (Lipinski definition) is 4. The number of carboxylic acids is 1. The Labute approximate surface area is 278 Å². The molecule has 0 fully saturated rings. The second kappa shape index (κ2) is 15.9. The van der Waals surface area contributed by atoms with Gasteiger partial charge in [-0.3, -0.25) is 4.79 Å². The van der Waals surface area contributed by atoms with Gasteiger partial charge in [-0.2, -0.15) is 0 Å². The van der Waals surface area contributed by atoms with Crippen LogP contribution in [0.3, 0.4) is 0 Å². The molecule has 1 unspecified atom stereocenters. The summed E-state index contributed by atoms with van der Waals surface area (Å²) in [6.45, 7) is -0.443. The van der Waals surface area contributed by atoms with Gasteiger partial charge in [0.1, 0.15) is 25.7 Å². The molecule has 11 nitrogen and oxygen atoms in total. The average molecular weight is 652 g/mol. The first-order chi connectivity index (χ1) is 23.3. The Bertz CT molecular complexity index is 1690. The molecule has 0 heterocycles. The van der Waals surface area contributed by atoms with Gasteiger partial charge in [0.2, 0.25) is 5.54 Å². The molecule has 5 N–H and O–H groups in total. The number of carbonyl (C=O) groups excluding carboxylic acids is 3. The van der Waals surface area contributed by atoms with E-state index in [9.17, 15) is 24.3 Å². The zero-order chi connectivity index (χ0) is 33.9. The Hall–Kier alpha value is -5.52. The van der Waals surface area contributed by atoms with Crippen molar-refractivity contribution >= 4 is 24.0 Å². The third kappa shape index (κ3) is 7.88. The molecule has 248 valence electrons. The molecule has 2 atom stereocenters. The number of hydrogen-bond acceptors (Lipinski definition) is 9. The third-order valence-electron chi connectivity index (χ3n) is 8.23. The smallest absolute Gasteiger partial charge is 0.407 e. The van der Waals surface area contributed by atoms with Crippen molar-refractivity contribution in [2.24, 2.45) is 11.7 Å². The van der Waals surface area contributed by atoms with E-state index in [0.29, 0.717) is 11.1 Å². The highest BCUT2D eigenvalue weighted by Gasteiger charge is 2.55. The van der Waals surface area contributed by atoms with Crippen LogP contribution in [-0.2, 0) is 41.8 Å². The molecule has 4 aromatic rings. The van der Waals surface area contributed by atoms with Crippen LogP contribution in [0.15, 0.2) is 109 Å². The van der Waals surface area contributed by atoms with E-state index in [4.69, 9.17) is 19.9 Å². The molecule has 0 saturated carbocycles. The SMILES string of the molecule is N[C@@](C(=O)O)(C(=O)OCc1ccccc1)C(CNCCNC(=O)OCC1c2ccccc2-c2ccccc21)C(=O)OCc1ccccc1. The maximum Gasteiger partial charge on any atom is 0.407 e. The topological polar surface area (TPSA) is 166 Å². The fourth-order valence-corrected chi connectivity index (χ4v) is 5.63. The number of amides is 1. The van der Waals surface area contributed by atoms with E-state index in [1.807, 2.05) is 48.5 Å². The van der Waals surface area contributed by atoms with Gasteiger partial charge in [0, 0.05) is 25.6 Å². The number of aliphatic carboxylic acids is 1. The zero-order valence-electron chi connectivity index (χ0n) is 26.2. The van der Waals surface area contributed by atoms with Crippen molar-refractivity contribution in [2.75, 3.05) is 26.2 Å². The zero-order valence-corrected chi connectivity index (χ0v) is 26.2. The first-order valence-corrected chi connectivity index (χ1v) is 15.5. The molecule has 48 heavy (non-hydrogen) atoms. The number of nitrogens with one attached hydrogen (secondary N) is 2. The summed E-state index contributed by atoms with van der Waals surface area (Å²) < 4.78 is 16.2. The Morgan fingerprint density at radius 3 is 1.79 bits per heavy atom. The van der Waals surface area contributed by atoms with Crippen LogP contribution < -0.4 is 16.4 Å². The van der Waals surface area contributed by atoms with Crippen LogP contribution >= 0.6 is 0 Å². The molecule has 0 spiro atoms. The van der Waals surface area contributed by atoms with E-state index in [2.05, 4.69) is 10.6 Å². The lowest BCUT2D eigenvalue weighted by atomic mass is 9.84. The van der Waals surface area contributed by atoms with Crippen LogP contribution in [-0.4, -0.2) is 60.9 Å². The van der Waals surface area contributed by atoms with E-state index in [-0.39, 0.29) is 45.4 Å². The second-order valence-electron chi connectivity index (χ2n) is 11.3. The molecular weight excluding hydrogens is 614 g/mol. The van der Waals surface area contributed by atoms with Crippen molar-refractivity contribution in [2.45, 2.75) is 24.7 Å². The lowest BCUT2D eigenvalue weighted by Crippen LogP contribution is -2.65. The normalized spacial score (nSPS) is 13.7. The van der Waals surface area contributed by atoms with E-state index in [1.165, 1.54) is 0 Å². The molecule has 0 bridgehead atoms. The van der Waals surface area contributed by atoms with Gasteiger partial charge in [0.25, 0.3) is 0 Å². The summed E-state index contributed by atoms with van der Waals surface area (Å²) in [5.74, 6) is -5.81. The van der Waals surface area contributed by atoms with Crippen molar-refractivity contribution in [3.8, 4) is 11.1 Å². The van der Waals surface area contributed by atoms with Crippen LogP contribution in [0.1, 0.15) is 28.2 Å². The lowest BCUT2D eigenvalue weighted by Gasteiger charge is -2.30. The number of alkyl carbamates (subject to hydrolysis) is 1. The summed E-state index contributed by atoms with van der Waals surface area (Å²) in [6.07, 6.45) is -0.638. The van der Waals surface area contributed by atoms with Crippen LogP contribution in [0.5, 0.6) is 0 Å². The van der Waals surface area contributed by atoms with Crippen LogP contribution in [0.2, 0.25) is 0 Å². The van der Waals surface area contributed by atoms with Crippen molar-refractivity contribution in [3.63, 3.8) is 0 Å². The summed E-state index contributed by atoms with van der Waals surface area (Å²) in [7, 11) is 0. The molecule has 4 aromatic carbocycles. The molecule has 1 aliphatic rings. The van der Waals surface area contributed by atoms with E-state index in [0.717, 1.165) is 22.3 Å². The van der Waals surface area contributed by atoms with E-state index >= 15 is 0 Å². The number of benzene rings is 4. The predicted molar refractivity (Wildman–Crippen MR) is 176 cm³/mol. The molecule has 1 amide bonds. The first kappa shape index (κ1) is 33.8. The Balaban J connectivity index is 1.17. The number of esters is 2. The van der Waals surface area contributed by atoms with Crippen LogP contribution in [0.25, 0.3) is 11.1 Å². The molecule has 1 aliphatic carbocycles. The van der Waals surface area contributed by atoms with Gasteiger partial charge >= 0.3 is 24.0 Å². The Morgan fingerprint density at radius 2 is 1.23 bits per heavy atom. The fraction of sp³-hybridized carbons (Fsp3) is 0.243. The largest absolute Gasteiger partial charge is 0.479 e. The van der Waals surface area contributed by atoms with Gasteiger partial charge in [-0.15, -0.1) is 0 Å². The molecule has 11 heteroatoms. The van der Waals surface area contributed by atoms with Gasteiger partial charge in [0.05, 0.1) is 0 Å². The summed E-state index contributed by atoms with van der Waals surface area (Å²) in [6, 6.07) is 33.5. The minimum atomic E-state index is -2.77. The van der Waals surface area contributed by atoms with Gasteiger partial charge in [-0.05, 0) is 33.4 Å². The van der Waals surface area contributed by atoms with Crippen molar-refractivity contribution < 1.29 is 38.5 Å². The van der Waals surface area contributed by atoms with Gasteiger partial charge in [-0.25, -0.2) is 14.4 Å². The summed E-state index contributed by atoms with van der Waals surface area (Å²) in [4.78, 5) is 51.5. The summed E-state index contributed by atoms with van der Waals surface area (Å²) >= 11 is 0. The molecule has 5 rings (SSSR count). The minimum absolute atomic E-state index is 0.0750. The van der Waals surface area contributed by atoms with E-state index in [1.54, 1.807) is 60.7 Å². The molecule has 0 aliphatic heterocycles. The number of nitrogens with two attached hydrogens (primary N) is 1. The van der Waals surface area contributed by atoms with Crippen molar-refractivity contribution in [1.82, 2.24) is 10.6 Å². The Morgan fingerprint density at radius 1 is 0.708 bits per heavy atom. The second-order valence-corrected chi connectivity index (χ2v) is 11.3. The van der Waals surface area contributed by atoms with Crippen LogP contribution in [0.4, 0.5) is 4.79 Å². The fourth-order valence-electron chi connectivity index (χ4n) is 5.63. The Kier molecular flexibility index (Phi) is 11.2. The molecule has 0 aromatic heterocycles. The van der Waals surface area contributed by atoms with Gasteiger partial charge in [0.15, 0.2) is 0 Å². The maximum absolute atomic E-state index is 13.3. The number of carboxylic acid groups (broad SMARTS) is 1. The third-order valence-corrected chi connectivity index (χ3v) is 8.23. The number of carbonyl (C=O) groups is 4. The van der Waals surface area contributed by atoms with Crippen LogP contribution in [0, 0.1) is 5.92 Å². The maximum atomic E-state index is 13.3. The number of fused-ring (bicyclic) bond motifs is 3. The summed E-state index contributed by atoms with van der Waals surface area (Å²) in [5, 5.41) is 15.7. The van der Waals surface area contributed by atoms with Crippen molar-refractivity contribution in [1.29, 1.82) is 0 Å². The molecule has 0 saturated heterocycles. The monoisotopic (exact) mass is 651 g/mol. The highest BCUT2D eigenvalue weighted by Crippen LogP contribution is 2.44. The van der Waals surface area contributed by atoms with Gasteiger partial charge in [-0.1, -0.05) is 109 Å². The molecule has 0 radical (unpaired) electrons.